The molecule has 0 bridgehead atoms. The van der Waals surface area contributed by atoms with Crippen LogP contribution < -0.4 is 5.32 Å². The molecule has 2 aliphatic carbocycles. The Morgan fingerprint density at radius 3 is 2.62 bits per heavy atom. The molecular formula is C13H23NO2. The highest BCUT2D eigenvalue weighted by Gasteiger charge is 2.38. The molecule has 2 saturated carbocycles. The highest BCUT2D eigenvalue weighted by atomic mass is 16.5. The highest BCUT2D eigenvalue weighted by molar-refractivity contribution is 5.76. The average Bonchev–Trinajstić information content (AvgIpc) is 3.09. The van der Waals surface area contributed by atoms with Gasteiger partial charge in [-0.3, -0.25) is 4.79 Å². The van der Waals surface area contributed by atoms with E-state index in [-0.39, 0.29) is 12.0 Å². The van der Waals surface area contributed by atoms with E-state index in [0.717, 1.165) is 5.92 Å². The van der Waals surface area contributed by atoms with Crippen LogP contribution in [0.1, 0.15) is 45.4 Å². The van der Waals surface area contributed by atoms with Crippen molar-refractivity contribution in [2.45, 2.75) is 57.5 Å². The minimum Gasteiger partial charge on any atom is -0.468 e. The molecule has 2 aliphatic rings. The molecule has 0 aromatic heterocycles. The lowest BCUT2D eigenvalue weighted by Gasteiger charge is -2.30. The maximum absolute atomic E-state index is 11.7. The largest absolute Gasteiger partial charge is 0.468 e. The van der Waals surface area contributed by atoms with Gasteiger partial charge in [-0.05, 0) is 37.5 Å². The molecule has 16 heavy (non-hydrogen) atoms. The van der Waals surface area contributed by atoms with Gasteiger partial charge in [0.2, 0.25) is 0 Å². The monoisotopic (exact) mass is 225 g/mol. The Bertz CT molecular complexity index is 250. The van der Waals surface area contributed by atoms with E-state index in [1.165, 1.54) is 45.6 Å². The van der Waals surface area contributed by atoms with Gasteiger partial charge in [-0.25, -0.2) is 0 Å². The van der Waals surface area contributed by atoms with E-state index in [1.807, 2.05) is 0 Å². The zero-order valence-corrected chi connectivity index (χ0v) is 10.4. The Hall–Kier alpha value is -0.570. The molecule has 1 N–H and O–H groups in total. The van der Waals surface area contributed by atoms with Gasteiger partial charge in [-0.2, -0.15) is 0 Å². The van der Waals surface area contributed by atoms with Crippen LogP contribution in [0.25, 0.3) is 0 Å². The topological polar surface area (TPSA) is 38.3 Å². The normalized spacial score (nSPS) is 32.1. The van der Waals surface area contributed by atoms with E-state index in [9.17, 15) is 4.79 Å². The lowest BCUT2D eigenvalue weighted by molar-refractivity contribution is -0.144. The first-order chi connectivity index (χ1) is 7.70. The summed E-state index contributed by atoms with van der Waals surface area (Å²) in [5.74, 6) is 1.26. The molecule has 3 unspecified atom stereocenters. The molecule has 3 nitrogen and oxygen atoms in total. The van der Waals surface area contributed by atoms with Crippen molar-refractivity contribution in [2.75, 3.05) is 7.11 Å². The second-order valence-electron chi connectivity index (χ2n) is 5.47. The van der Waals surface area contributed by atoms with Crippen molar-refractivity contribution in [1.82, 2.24) is 5.32 Å². The van der Waals surface area contributed by atoms with Gasteiger partial charge >= 0.3 is 5.97 Å². The average molecular weight is 225 g/mol. The molecule has 0 aliphatic heterocycles. The first kappa shape index (κ1) is 11.9. The fourth-order valence-electron chi connectivity index (χ4n) is 2.79. The molecular weight excluding hydrogens is 202 g/mol. The van der Waals surface area contributed by atoms with Gasteiger partial charge in [0, 0.05) is 6.04 Å². The van der Waals surface area contributed by atoms with Crippen molar-refractivity contribution in [3.05, 3.63) is 0 Å². The molecule has 3 heteroatoms. The quantitative estimate of drug-likeness (QED) is 0.745. The third-order valence-electron chi connectivity index (χ3n) is 3.90. The molecule has 3 atom stereocenters. The molecule has 0 radical (unpaired) electrons. The molecule has 92 valence electrons. The number of hydrogen-bond acceptors (Lipinski definition) is 3. The van der Waals surface area contributed by atoms with E-state index < -0.39 is 0 Å². The SMILES string of the molecule is COC(=O)C(NC1CCCC(C)C1)C1CC1. The first-order valence-corrected chi connectivity index (χ1v) is 6.54. The summed E-state index contributed by atoms with van der Waals surface area (Å²) in [5, 5.41) is 3.52. The van der Waals surface area contributed by atoms with Gasteiger partial charge in [0.05, 0.1) is 7.11 Å². The predicted molar refractivity (Wildman–Crippen MR) is 63.1 cm³/mol. The fraction of sp³-hybridized carbons (Fsp3) is 0.923. The van der Waals surface area contributed by atoms with Crippen molar-refractivity contribution in [3.63, 3.8) is 0 Å². The summed E-state index contributed by atoms with van der Waals surface area (Å²) in [6.07, 6.45) is 7.40. The highest BCUT2D eigenvalue weighted by Crippen LogP contribution is 2.34. The van der Waals surface area contributed by atoms with E-state index in [1.54, 1.807) is 0 Å². The Morgan fingerprint density at radius 1 is 1.31 bits per heavy atom. The summed E-state index contributed by atoms with van der Waals surface area (Å²) in [6, 6.07) is 0.480. The minimum atomic E-state index is -0.0688. The van der Waals surface area contributed by atoms with Crippen LogP contribution in [-0.4, -0.2) is 25.2 Å². The van der Waals surface area contributed by atoms with E-state index in [0.29, 0.717) is 12.0 Å². The third kappa shape index (κ3) is 2.97. The lowest BCUT2D eigenvalue weighted by atomic mass is 9.86. The van der Waals surface area contributed by atoms with Crippen LogP contribution in [0.3, 0.4) is 0 Å². The molecule has 0 amide bonds. The smallest absolute Gasteiger partial charge is 0.323 e. The van der Waals surface area contributed by atoms with Crippen LogP contribution >= 0.6 is 0 Å². The van der Waals surface area contributed by atoms with Crippen LogP contribution in [0.15, 0.2) is 0 Å². The minimum absolute atomic E-state index is 0.0414. The summed E-state index contributed by atoms with van der Waals surface area (Å²) in [6.45, 7) is 2.30. The Labute approximate surface area is 97.9 Å². The molecule has 0 aromatic rings. The number of nitrogens with one attached hydrogen (secondary N) is 1. The maximum atomic E-state index is 11.7. The second kappa shape index (κ2) is 5.17. The van der Waals surface area contributed by atoms with Crippen molar-refractivity contribution in [3.8, 4) is 0 Å². The standard InChI is InChI=1S/C13H23NO2/c1-9-4-3-5-11(8-9)14-12(10-6-7-10)13(15)16-2/h9-12,14H,3-8H2,1-2H3. The number of hydrogen-bond donors (Lipinski definition) is 1. The van der Waals surface area contributed by atoms with Crippen molar-refractivity contribution in [1.29, 1.82) is 0 Å². The van der Waals surface area contributed by atoms with Crippen LogP contribution in [0.5, 0.6) is 0 Å². The summed E-state index contributed by atoms with van der Waals surface area (Å²) in [7, 11) is 1.49. The van der Waals surface area contributed by atoms with Gasteiger partial charge in [0.25, 0.3) is 0 Å². The summed E-state index contributed by atoms with van der Waals surface area (Å²) in [4.78, 5) is 11.7. The maximum Gasteiger partial charge on any atom is 0.323 e. The van der Waals surface area contributed by atoms with Gasteiger partial charge < -0.3 is 10.1 Å². The van der Waals surface area contributed by atoms with Gasteiger partial charge in [-0.1, -0.05) is 19.8 Å². The van der Waals surface area contributed by atoms with E-state index >= 15 is 0 Å². The van der Waals surface area contributed by atoms with Crippen molar-refractivity contribution in [2.24, 2.45) is 11.8 Å². The van der Waals surface area contributed by atoms with E-state index in [2.05, 4.69) is 12.2 Å². The second-order valence-corrected chi connectivity index (χ2v) is 5.47. The number of carbonyl (C=O) groups is 1. The summed E-state index contributed by atoms with van der Waals surface area (Å²) < 4.78 is 4.88. The zero-order chi connectivity index (χ0) is 11.5. The number of rotatable bonds is 4. The van der Waals surface area contributed by atoms with Crippen LogP contribution in [0.2, 0.25) is 0 Å². The lowest BCUT2D eigenvalue weighted by Crippen LogP contribution is -2.46. The van der Waals surface area contributed by atoms with E-state index in [4.69, 9.17) is 4.74 Å². The third-order valence-corrected chi connectivity index (χ3v) is 3.90. The molecule has 0 heterocycles. The predicted octanol–water partition coefficient (Wildman–Crippen LogP) is 2.11. The van der Waals surface area contributed by atoms with Crippen LogP contribution in [-0.2, 0) is 9.53 Å². The zero-order valence-electron chi connectivity index (χ0n) is 10.4. The first-order valence-electron chi connectivity index (χ1n) is 6.54. The molecule has 2 fully saturated rings. The number of ether oxygens (including phenoxy) is 1. The fourth-order valence-corrected chi connectivity index (χ4v) is 2.79. The molecule has 0 saturated heterocycles. The number of carbonyl (C=O) groups excluding carboxylic acids is 1. The summed E-state index contributed by atoms with van der Waals surface area (Å²) in [5.41, 5.74) is 0. The van der Waals surface area contributed by atoms with Crippen molar-refractivity contribution < 1.29 is 9.53 Å². The van der Waals surface area contributed by atoms with Crippen LogP contribution in [0, 0.1) is 11.8 Å². The Kier molecular flexibility index (Phi) is 3.85. The molecule has 0 spiro atoms. The van der Waals surface area contributed by atoms with Crippen LogP contribution in [0.4, 0.5) is 0 Å². The number of methoxy groups -OCH3 is 1. The Morgan fingerprint density at radius 2 is 2.06 bits per heavy atom. The van der Waals surface area contributed by atoms with Crippen molar-refractivity contribution >= 4 is 5.97 Å². The number of esters is 1. The molecule has 2 rings (SSSR count). The van der Waals surface area contributed by atoms with Gasteiger partial charge in [-0.15, -0.1) is 0 Å². The Balaban J connectivity index is 1.87. The van der Waals surface area contributed by atoms with Gasteiger partial charge in [0.15, 0.2) is 0 Å². The summed E-state index contributed by atoms with van der Waals surface area (Å²) >= 11 is 0. The van der Waals surface area contributed by atoms with Gasteiger partial charge in [0.1, 0.15) is 6.04 Å². The molecule has 0 aromatic carbocycles.